The van der Waals surface area contributed by atoms with Crippen LogP contribution in [-0.2, 0) is 11.3 Å². The monoisotopic (exact) mass is 302 g/mol. The van der Waals surface area contributed by atoms with Crippen LogP contribution in [0.4, 0.5) is 0 Å². The zero-order valence-electron chi connectivity index (χ0n) is 12.0. The van der Waals surface area contributed by atoms with Gasteiger partial charge in [-0.3, -0.25) is 4.79 Å². The van der Waals surface area contributed by atoms with Crippen LogP contribution in [0, 0.1) is 0 Å². The third-order valence-corrected chi connectivity index (χ3v) is 3.52. The lowest BCUT2D eigenvalue weighted by molar-refractivity contribution is -0.120. The Morgan fingerprint density at radius 1 is 1.10 bits per heavy atom. The van der Waals surface area contributed by atoms with E-state index in [0.717, 1.165) is 5.56 Å². The molecule has 0 aliphatic carbocycles. The Morgan fingerprint density at radius 3 is 2.43 bits per heavy atom. The molecule has 2 N–H and O–H groups in total. The smallest absolute Gasteiger partial charge is 0.234 e. The Balaban J connectivity index is 1.73. The van der Waals surface area contributed by atoms with E-state index in [1.54, 1.807) is 0 Å². The van der Waals surface area contributed by atoms with Crippen molar-refractivity contribution in [3.8, 4) is 0 Å². The number of halogens is 1. The first-order valence-electron chi connectivity index (χ1n) is 6.94. The van der Waals surface area contributed by atoms with Crippen molar-refractivity contribution in [1.82, 2.24) is 10.6 Å². The first kappa shape index (κ1) is 15.5. The number of hydrogen-bond donors (Lipinski definition) is 2. The third-order valence-electron chi connectivity index (χ3n) is 3.27. The lowest BCUT2D eigenvalue weighted by Gasteiger charge is -2.14. The van der Waals surface area contributed by atoms with Gasteiger partial charge >= 0.3 is 0 Å². The van der Waals surface area contributed by atoms with Crippen LogP contribution in [0.1, 0.15) is 24.1 Å². The summed E-state index contributed by atoms with van der Waals surface area (Å²) in [6, 6.07) is 17.7. The molecule has 2 aromatic rings. The van der Waals surface area contributed by atoms with Crippen LogP contribution in [0.25, 0.3) is 0 Å². The molecule has 0 aromatic heterocycles. The summed E-state index contributed by atoms with van der Waals surface area (Å²) in [6.45, 7) is 2.85. The van der Waals surface area contributed by atoms with E-state index in [0.29, 0.717) is 18.1 Å². The minimum Gasteiger partial charge on any atom is -0.351 e. The van der Waals surface area contributed by atoms with Crippen LogP contribution in [0.15, 0.2) is 54.6 Å². The Kier molecular flexibility index (Phi) is 5.78. The highest BCUT2D eigenvalue weighted by atomic mass is 35.5. The molecule has 0 spiro atoms. The SMILES string of the molecule is C[C@@H](NCC(=O)NCc1ccc(Cl)cc1)c1ccccc1. The van der Waals surface area contributed by atoms with Crippen molar-refractivity contribution in [1.29, 1.82) is 0 Å². The molecule has 1 atom stereocenters. The van der Waals surface area contributed by atoms with E-state index in [2.05, 4.69) is 10.6 Å². The highest BCUT2D eigenvalue weighted by Crippen LogP contribution is 2.11. The summed E-state index contributed by atoms with van der Waals surface area (Å²) in [7, 11) is 0. The minimum atomic E-state index is -0.0206. The van der Waals surface area contributed by atoms with Crippen molar-refractivity contribution in [2.75, 3.05) is 6.54 Å². The van der Waals surface area contributed by atoms with Gasteiger partial charge in [0.1, 0.15) is 0 Å². The fourth-order valence-electron chi connectivity index (χ4n) is 1.97. The number of carbonyl (C=O) groups is 1. The normalized spacial score (nSPS) is 11.9. The number of amides is 1. The topological polar surface area (TPSA) is 41.1 Å². The second kappa shape index (κ2) is 7.81. The van der Waals surface area contributed by atoms with Crippen LogP contribution < -0.4 is 10.6 Å². The maximum Gasteiger partial charge on any atom is 0.234 e. The van der Waals surface area contributed by atoms with E-state index in [1.165, 1.54) is 5.56 Å². The largest absolute Gasteiger partial charge is 0.351 e. The number of nitrogens with one attached hydrogen (secondary N) is 2. The van der Waals surface area contributed by atoms with Gasteiger partial charge < -0.3 is 10.6 Å². The molecule has 0 radical (unpaired) electrons. The Hall–Kier alpha value is -1.84. The molecule has 110 valence electrons. The molecule has 2 rings (SSSR count). The second-order valence-corrected chi connectivity index (χ2v) is 5.35. The van der Waals surface area contributed by atoms with E-state index in [1.807, 2.05) is 61.5 Å². The van der Waals surface area contributed by atoms with E-state index in [4.69, 9.17) is 11.6 Å². The molecule has 0 aliphatic heterocycles. The maximum atomic E-state index is 11.8. The second-order valence-electron chi connectivity index (χ2n) is 4.92. The summed E-state index contributed by atoms with van der Waals surface area (Å²) in [5, 5.41) is 6.79. The molecule has 3 nitrogen and oxygen atoms in total. The first-order chi connectivity index (χ1) is 10.1. The van der Waals surface area contributed by atoms with Crippen LogP contribution in [0.2, 0.25) is 5.02 Å². The van der Waals surface area contributed by atoms with Gasteiger partial charge in [-0.15, -0.1) is 0 Å². The maximum absolute atomic E-state index is 11.8. The van der Waals surface area contributed by atoms with Crippen molar-refractivity contribution >= 4 is 17.5 Å². The Labute approximate surface area is 130 Å². The predicted octanol–water partition coefficient (Wildman–Crippen LogP) is 3.31. The van der Waals surface area contributed by atoms with Gasteiger partial charge in [-0.1, -0.05) is 54.1 Å². The highest BCUT2D eigenvalue weighted by Gasteiger charge is 2.07. The molecule has 1 amide bonds. The lowest BCUT2D eigenvalue weighted by Crippen LogP contribution is -2.34. The Morgan fingerprint density at radius 2 is 1.76 bits per heavy atom. The fraction of sp³-hybridized carbons (Fsp3) is 0.235. The fourth-order valence-corrected chi connectivity index (χ4v) is 2.10. The van der Waals surface area contributed by atoms with Crippen LogP contribution in [0.3, 0.4) is 0 Å². The number of rotatable bonds is 6. The predicted molar refractivity (Wildman–Crippen MR) is 86.2 cm³/mol. The highest BCUT2D eigenvalue weighted by molar-refractivity contribution is 6.30. The van der Waals surface area contributed by atoms with Crippen molar-refractivity contribution in [3.05, 3.63) is 70.7 Å². The molecular weight excluding hydrogens is 284 g/mol. The van der Waals surface area contributed by atoms with Gasteiger partial charge in [0.2, 0.25) is 5.91 Å². The molecule has 0 fully saturated rings. The first-order valence-corrected chi connectivity index (χ1v) is 7.32. The third kappa shape index (κ3) is 5.21. The zero-order chi connectivity index (χ0) is 15.1. The van der Waals surface area contributed by atoms with Gasteiger partial charge in [0.15, 0.2) is 0 Å². The molecule has 4 heteroatoms. The minimum absolute atomic E-state index is 0.0206. The number of hydrogen-bond acceptors (Lipinski definition) is 2. The average Bonchev–Trinajstić information content (AvgIpc) is 2.53. The van der Waals surface area contributed by atoms with Crippen molar-refractivity contribution in [2.45, 2.75) is 19.5 Å². The lowest BCUT2D eigenvalue weighted by atomic mass is 10.1. The van der Waals surface area contributed by atoms with Crippen molar-refractivity contribution in [3.63, 3.8) is 0 Å². The summed E-state index contributed by atoms with van der Waals surface area (Å²) >= 11 is 5.82. The number of benzene rings is 2. The van der Waals surface area contributed by atoms with Crippen LogP contribution >= 0.6 is 11.6 Å². The molecule has 0 bridgehead atoms. The van der Waals surface area contributed by atoms with Gasteiger partial charge in [-0.05, 0) is 30.2 Å². The Bertz CT molecular complexity index is 569. The average molecular weight is 303 g/mol. The van der Waals surface area contributed by atoms with Crippen molar-refractivity contribution in [2.24, 2.45) is 0 Å². The van der Waals surface area contributed by atoms with Crippen LogP contribution in [-0.4, -0.2) is 12.5 Å². The summed E-state index contributed by atoms with van der Waals surface area (Å²) < 4.78 is 0. The summed E-state index contributed by atoms with van der Waals surface area (Å²) in [4.78, 5) is 11.8. The molecule has 0 saturated heterocycles. The van der Waals surface area contributed by atoms with E-state index < -0.39 is 0 Å². The zero-order valence-corrected chi connectivity index (χ0v) is 12.7. The summed E-state index contributed by atoms with van der Waals surface area (Å²) in [5.41, 5.74) is 2.20. The standard InChI is InChI=1S/C17H19ClN2O/c1-13(15-5-3-2-4-6-15)19-12-17(21)20-11-14-7-9-16(18)10-8-14/h2-10,13,19H,11-12H2,1H3,(H,20,21)/t13-/m1/s1. The molecule has 2 aromatic carbocycles. The molecule has 0 aliphatic rings. The van der Waals surface area contributed by atoms with Gasteiger partial charge in [0, 0.05) is 17.6 Å². The van der Waals surface area contributed by atoms with Gasteiger partial charge in [-0.25, -0.2) is 0 Å². The molecule has 21 heavy (non-hydrogen) atoms. The molecule has 0 unspecified atom stereocenters. The summed E-state index contributed by atoms with van der Waals surface area (Å²) in [5.74, 6) is -0.0206. The van der Waals surface area contributed by atoms with E-state index in [9.17, 15) is 4.79 Å². The van der Waals surface area contributed by atoms with E-state index >= 15 is 0 Å². The molecule has 0 saturated carbocycles. The van der Waals surface area contributed by atoms with Crippen molar-refractivity contribution < 1.29 is 4.79 Å². The number of carbonyl (C=O) groups excluding carboxylic acids is 1. The van der Waals surface area contributed by atoms with E-state index in [-0.39, 0.29) is 11.9 Å². The quantitative estimate of drug-likeness (QED) is 0.859. The van der Waals surface area contributed by atoms with Crippen LogP contribution in [0.5, 0.6) is 0 Å². The van der Waals surface area contributed by atoms with Gasteiger partial charge in [0.05, 0.1) is 6.54 Å². The summed E-state index contributed by atoms with van der Waals surface area (Å²) in [6.07, 6.45) is 0. The molecular formula is C17H19ClN2O. The van der Waals surface area contributed by atoms with Gasteiger partial charge in [0.25, 0.3) is 0 Å². The molecule has 0 heterocycles. The van der Waals surface area contributed by atoms with Gasteiger partial charge in [-0.2, -0.15) is 0 Å².